The topological polar surface area (TPSA) is 77.2 Å². The lowest BCUT2D eigenvalue weighted by Crippen LogP contribution is -2.16. The molecule has 6 nitrogen and oxygen atoms in total. The average molecular weight is 313 g/mol. The number of aromatic nitrogens is 2. The second-order valence-electron chi connectivity index (χ2n) is 4.87. The van der Waals surface area contributed by atoms with E-state index in [2.05, 4.69) is 15.5 Å². The third-order valence-corrected chi connectivity index (χ3v) is 4.22. The number of rotatable bonds is 2. The van der Waals surface area contributed by atoms with Gasteiger partial charge in [-0.05, 0) is 19.1 Å². The van der Waals surface area contributed by atoms with Crippen molar-refractivity contribution in [2.45, 2.75) is 13.5 Å². The van der Waals surface area contributed by atoms with Gasteiger partial charge in [-0.25, -0.2) is 4.98 Å². The number of amides is 1. The van der Waals surface area contributed by atoms with Crippen LogP contribution in [0.1, 0.15) is 21.7 Å². The zero-order valence-corrected chi connectivity index (χ0v) is 12.4. The lowest BCUT2D eigenvalue weighted by atomic mass is 10.0. The van der Waals surface area contributed by atoms with Gasteiger partial charge in [0.15, 0.2) is 16.6 Å². The Kier molecular flexibility index (Phi) is 2.93. The van der Waals surface area contributed by atoms with E-state index >= 15 is 0 Å². The number of nitrogens with one attached hydrogen (secondary N) is 1. The summed E-state index contributed by atoms with van der Waals surface area (Å²) < 4.78 is 11.0. The van der Waals surface area contributed by atoms with Gasteiger partial charge in [0.25, 0.3) is 5.91 Å². The summed E-state index contributed by atoms with van der Waals surface area (Å²) in [4.78, 5) is 16.6. The standard InChI is InChI=1S/C15H11N3O3S/c1-8-7-22-15(16-8)17-14(19)12-10-6-20-11-5-3-2-4-9(11)13(10)21-18-12/h2-5,7H,6H2,1H3,(H,16,17,19). The number of ether oxygens (including phenoxy) is 1. The Bertz CT molecular complexity index is 869. The van der Waals surface area contributed by atoms with Gasteiger partial charge in [0, 0.05) is 5.38 Å². The number of aryl methyl sites for hydroxylation is 1. The summed E-state index contributed by atoms with van der Waals surface area (Å²) in [5.74, 6) is 0.971. The van der Waals surface area contributed by atoms with E-state index in [4.69, 9.17) is 9.26 Å². The number of carbonyl (C=O) groups excluding carboxylic acids is 1. The summed E-state index contributed by atoms with van der Waals surface area (Å²) in [6.45, 7) is 2.13. The summed E-state index contributed by atoms with van der Waals surface area (Å²) in [5, 5.41) is 9.05. The smallest absolute Gasteiger partial charge is 0.280 e. The van der Waals surface area contributed by atoms with Crippen molar-refractivity contribution >= 4 is 22.4 Å². The van der Waals surface area contributed by atoms with E-state index in [-0.39, 0.29) is 18.2 Å². The minimum absolute atomic E-state index is 0.234. The number of anilines is 1. The third-order valence-electron chi connectivity index (χ3n) is 3.35. The normalized spacial score (nSPS) is 12.2. The first kappa shape index (κ1) is 13.0. The van der Waals surface area contributed by atoms with Gasteiger partial charge in [-0.1, -0.05) is 17.3 Å². The average Bonchev–Trinajstić information content (AvgIpc) is 3.13. The molecule has 1 aliphatic rings. The summed E-state index contributed by atoms with van der Waals surface area (Å²) in [5.41, 5.74) is 2.56. The van der Waals surface area contributed by atoms with Gasteiger partial charge in [0.2, 0.25) is 0 Å². The van der Waals surface area contributed by atoms with Crippen LogP contribution in [0.4, 0.5) is 5.13 Å². The predicted molar refractivity (Wildman–Crippen MR) is 81.1 cm³/mol. The van der Waals surface area contributed by atoms with Crippen molar-refractivity contribution in [2.24, 2.45) is 0 Å². The van der Waals surface area contributed by atoms with Crippen molar-refractivity contribution in [3.8, 4) is 17.1 Å². The number of fused-ring (bicyclic) bond motifs is 3. The van der Waals surface area contributed by atoms with Crippen molar-refractivity contribution in [1.29, 1.82) is 0 Å². The molecule has 0 aliphatic carbocycles. The van der Waals surface area contributed by atoms with E-state index in [1.807, 2.05) is 36.6 Å². The highest BCUT2D eigenvalue weighted by Gasteiger charge is 2.28. The molecule has 3 aromatic rings. The minimum Gasteiger partial charge on any atom is -0.488 e. The fourth-order valence-electron chi connectivity index (χ4n) is 2.33. The van der Waals surface area contributed by atoms with Crippen LogP contribution in [0.5, 0.6) is 5.75 Å². The quantitative estimate of drug-likeness (QED) is 0.786. The largest absolute Gasteiger partial charge is 0.488 e. The number of hydrogen-bond acceptors (Lipinski definition) is 6. The molecule has 0 fully saturated rings. The van der Waals surface area contributed by atoms with Crippen LogP contribution in [0.3, 0.4) is 0 Å². The zero-order chi connectivity index (χ0) is 15.1. The molecule has 4 rings (SSSR count). The van der Waals surface area contributed by atoms with E-state index < -0.39 is 0 Å². The van der Waals surface area contributed by atoms with Crippen LogP contribution in [0.2, 0.25) is 0 Å². The number of benzene rings is 1. The van der Waals surface area contributed by atoms with Crippen molar-refractivity contribution in [3.63, 3.8) is 0 Å². The monoisotopic (exact) mass is 313 g/mol. The molecule has 110 valence electrons. The molecule has 1 amide bonds. The summed E-state index contributed by atoms with van der Waals surface area (Å²) in [6, 6.07) is 7.51. The Morgan fingerprint density at radius 1 is 1.36 bits per heavy atom. The number of para-hydroxylation sites is 1. The molecule has 0 unspecified atom stereocenters. The van der Waals surface area contributed by atoms with E-state index in [1.165, 1.54) is 11.3 Å². The molecule has 0 saturated heterocycles. The van der Waals surface area contributed by atoms with Crippen molar-refractivity contribution in [2.75, 3.05) is 5.32 Å². The first-order valence-corrected chi connectivity index (χ1v) is 7.54. The Labute approximate surface area is 129 Å². The second kappa shape index (κ2) is 4.96. The molecule has 2 aromatic heterocycles. The molecule has 0 spiro atoms. The lowest BCUT2D eigenvalue weighted by molar-refractivity contribution is 0.101. The van der Waals surface area contributed by atoms with E-state index in [0.29, 0.717) is 16.5 Å². The van der Waals surface area contributed by atoms with Crippen LogP contribution in [-0.2, 0) is 6.61 Å². The third kappa shape index (κ3) is 2.06. The van der Waals surface area contributed by atoms with Gasteiger partial charge in [0.1, 0.15) is 12.4 Å². The number of hydrogen-bond donors (Lipinski definition) is 1. The van der Waals surface area contributed by atoms with Crippen molar-refractivity contribution in [1.82, 2.24) is 10.1 Å². The van der Waals surface area contributed by atoms with Crippen LogP contribution in [0.25, 0.3) is 11.3 Å². The molecule has 0 atom stereocenters. The molecule has 0 radical (unpaired) electrons. The van der Waals surface area contributed by atoms with Gasteiger partial charge in [-0.3, -0.25) is 10.1 Å². The van der Waals surface area contributed by atoms with Gasteiger partial charge in [-0.2, -0.15) is 0 Å². The Morgan fingerprint density at radius 2 is 2.23 bits per heavy atom. The van der Waals surface area contributed by atoms with Gasteiger partial charge in [0.05, 0.1) is 16.8 Å². The van der Waals surface area contributed by atoms with Crippen LogP contribution in [-0.4, -0.2) is 16.0 Å². The van der Waals surface area contributed by atoms with E-state index in [1.54, 1.807) is 0 Å². The van der Waals surface area contributed by atoms with Crippen LogP contribution >= 0.6 is 11.3 Å². The van der Waals surface area contributed by atoms with Gasteiger partial charge < -0.3 is 9.26 Å². The molecule has 0 saturated carbocycles. The molecule has 3 heterocycles. The fourth-order valence-corrected chi connectivity index (χ4v) is 3.01. The van der Waals surface area contributed by atoms with E-state index in [9.17, 15) is 4.79 Å². The van der Waals surface area contributed by atoms with Gasteiger partial charge in [-0.15, -0.1) is 11.3 Å². The lowest BCUT2D eigenvalue weighted by Gasteiger charge is -2.15. The first-order valence-electron chi connectivity index (χ1n) is 6.66. The molecule has 1 aromatic carbocycles. The minimum atomic E-state index is -0.345. The zero-order valence-electron chi connectivity index (χ0n) is 11.6. The summed E-state index contributed by atoms with van der Waals surface area (Å²) >= 11 is 1.37. The fraction of sp³-hybridized carbons (Fsp3) is 0.133. The SMILES string of the molecule is Cc1csc(NC(=O)c2noc3c2COc2ccccc2-3)n1. The highest BCUT2D eigenvalue weighted by molar-refractivity contribution is 7.13. The summed E-state index contributed by atoms with van der Waals surface area (Å²) in [6.07, 6.45) is 0. The number of nitrogens with zero attached hydrogens (tertiary/aromatic N) is 2. The van der Waals surface area contributed by atoms with Crippen molar-refractivity contribution in [3.05, 3.63) is 46.6 Å². The molecule has 1 aliphatic heterocycles. The first-order chi connectivity index (χ1) is 10.7. The highest BCUT2D eigenvalue weighted by atomic mass is 32.1. The second-order valence-corrected chi connectivity index (χ2v) is 5.73. The van der Waals surface area contributed by atoms with Crippen LogP contribution < -0.4 is 10.1 Å². The maximum Gasteiger partial charge on any atom is 0.280 e. The molecule has 22 heavy (non-hydrogen) atoms. The maximum atomic E-state index is 12.3. The molecule has 1 N–H and O–H groups in total. The Balaban J connectivity index is 1.68. The Hall–Kier alpha value is -2.67. The molecular formula is C15H11N3O3S. The molecule has 0 bridgehead atoms. The van der Waals surface area contributed by atoms with E-state index in [0.717, 1.165) is 17.0 Å². The summed E-state index contributed by atoms with van der Waals surface area (Å²) in [7, 11) is 0. The van der Waals surface area contributed by atoms with Gasteiger partial charge >= 0.3 is 0 Å². The van der Waals surface area contributed by atoms with Crippen molar-refractivity contribution < 1.29 is 14.1 Å². The maximum absolute atomic E-state index is 12.3. The number of carbonyl (C=O) groups is 1. The number of thiazole rings is 1. The van der Waals surface area contributed by atoms with Crippen LogP contribution in [0.15, 0.2) is 34.2 Å². The molecular weight excluding hydrogens is 302 g/mol. The Morgan fingerprint density at radius 3 is 3.05 bits per heavy atom. The highest BCUT2D eigenvalue weighted by Crippen LogP contribution is 2.38. The predicted octanol–water partition coefficient (Wildman–Crippen LogP) is 3.25. The molecule has 7 heteroatoms. The van der Waals surface area contributed by atoms with Crippen LogP contribution in [0, 0.1) is 6.92 Å².